The van der Waals surface area contributed by atoms with Crippen LogP contribution in [-0.2, 0) is 20.6 Å². The second-order valence-electron chi connectivity index (χ2n) is 8.01. The Morgan fingerprint density at radius 2 is 1.76 bits per heavy atom. The highest BCUT2D eigenvalue weighted by molar-refractivity contribution is 5.69. The minimum atomic E-state index is -0.652. The minimum absolute atomic E-state index is 0.180. The van der Waals surface area contributed by atoms with Gasteiger partial charge in [0.15, 0.2) is 11.2 Å². The van der Waals surface area contributed by atoms with E-state index in [4.69, 9.17) is 9.47 Å². The Morgan fingerprint density at radius 3 is 2.45 bits per heavy atom. The second-order valence-corrected chi connectivity index (χ2v) is 8.01. The Kier molecular flexibility index (Phi) is 8.67. The van der Waals surface area contributed by atoms with Crippen molar-refractivity contribution in [3.63, 3.8) is 0 Å². The number of benzene rings is 1. The maximum Gasteiger partial charge on any atom is 0.332 e. The molecule has 1 unspecified atom stereocenters. The van der Waals surface area contributed by atoms with Crippen molar-refractivity contribution in [2.24, 2.45) is 14.1 Å². The topological polar surface area (TPSA) is 113 Å². The van der Waals surface area contributed by atoms with Crippen LogP contribution in [0.25, 0.3) is 11.2 Å². The first-order valence-corrected chi connectivity index (χ1v) is 11.3. The predicted molar refractivity (Wildman–Crippen MR) is 126 cm³/mol. The van der Waals surface area contributed by atoms with Crippen molar-refractivity contribution >= 4 is 11.2 Å². The molecule has 2 aromatic heterocycles. The fourth-order valence-corrected chi connectivity index (χ4v) is 3.43. The van der Waals surface area contributed by atoms with E-state index in [0.29, 0.717) is 43.2 Å². The molecule has 2 N–H and O–H groups in total. The average Bonchev–Trinajstić information content (AvgIpc) is 3.25. The van der Waals surface area contributed by atoms with Gasteiger partial charge in [0.2, 0.25) is 0 Å². The molecule has 0 aliphatic carbocycles. The highest BCUT2D eigenvalue weighted by atomic mass is 16.5. The van der Waals surface area contributed by atoms with Gasteiger partial charge in [-0.1, -0.05) is 13.3 Å². The molecule has 0 saturated carbocycles. The lowest BCUT2D eigenvalue weighted by Crippen LogP contribution is -2.37. The fourth-order valence-electron chi connectivity index (χ4n) is 3.43. The van der Waals surface area contributed by atoms with Gasteiger partial charge in [0.05, 0.1) is 12.9 Å². The van der Waals surface area contributed by atoms with Crippen molar-refractivity contribution in [2.75, 3.05) is 26.3 Å². The predicted octanol–water partition coefficient (Wildman–Crippen LogP) is 1.03. The van der Waals surface area contributed by atoms with Crippen molar-refractivity contribution in [2.45, 2.75) is 38.8 Å². The zero-order chi connectivity index (χ0) is 23.8. The summed E-state index contributed by atoms with van der Waals surface area (Å²) in [7, 11) is 3.06. The Balaban J connectivity index is 1.38. The SMILES string of the molecule is CCCCOc1ccc(OCC(O)CNCCCn2cnc3c2c(=O)n(C)c(=O)n3C)cc1. The van der Waals surface area contributed by atoms with Gasteiger partial charge in [-0.05, 0) is 43.7 Å². The van der Waals surface area contributed by atoms with Gasteiger partial charge in [0, 0.05) is 27.2 Å². The molecule has 0 bridgehead atoms. The number of aliphatic hydroxyl groups excluding tert-OH is 1. The Morgan fingerprint density at radius 1 is 1.06 bits per heavy atom. The first-order valence-electron chi connectivity index (χ1n) is 11.3. The van der Waals surface area contributed by atoms with Crippen molar-refractivity contribution in [3.8, 4) is 11.5 Å². The molecule has 0 aliphatic rings. The summed E-state index contributed by atoms with van der Waals surface area (Å²) < 4.78 is 15.5. The number of nitrogens with zero attached hydrogens (tertiary/aromatic N) is 4. The van der Waals surface area contributed by atoms with E-state index in [-0.39, 0.29) is 12.2 Å². The number of ether oxygens (including phenoxy) is 2. The largest absolute Gasteiger partial charge is 0.494 e. The number of aryl methyl sites for hydroxylation is 2. The van der Waals surface area contributed by atoms with Crippen molar-refractivity contribution in [3.05, 3.63) is 51.4 Å². The van der Waals surface area contributed by atoms with Crippen LogP contribution in [0.5, 0.6) is 11.5 Å². The summed E-state index contributed by atoms with van der Waals surface area (Å²) in [5.74, 6) is 1.49. The minimum Gasteiger partial charge on any atom is -0.494 e. The molecule has 0 spiro atoms. The number of unbranched alkanes of at least 4 members (excludes halogenated alkanes) is 1. The molecule has 33 heavy (non-hydrogen) atoms. The van der Waals surface area contributed by atoms with Crippen LogP contribution in [-0.4, -0.2) is 56.2 Å². The Hall–Kier alpha value is -3.11. The molecule has 180 valence electrons. The second kappa shape index (κ2) is 11.7. The van der Waals surface area contributed by atoms with Gasteiger partial charge in [-0.2, -0.15) is 0 Å². The molecule has 3 aromatic rings. The molecule has 1 aromatic carbocycles. The van der Waals surface area contributed by atoms with Crippen LogP contribution in [0.2, 0.25) is 0 Å². The van der Waals surface area contributed by atoms with Gasteiger partial charge < -0.3 is 24.5 Å². The van der Waals surface area contributed by atoms with E-state index in [0.717, 1.165) is 29.6 Å². The zero-order valence-corrected chi connectivity index (χ0v) is 19.5. The monoisotopic (exact) mass is 459 g/mol. The van der Waals surface area contributed by atoms with Crippen LogP contribution in [0.15, 0.2) is 40.2 Å². The van der Waals surface area contributed by atoms with Crippen LogP contribution in [0.3, 0.4) is 0 Å². The maximum atomic E-state index is 12.4. The van der Waals surface area contributed by atoms with E-state index in [1.165, 1.54) is 11.6 Å². The molecule has 0 saturated heterocycles. The molecule has 10 nitrogen and oxygen atoms in total. The summed E-state index contributed by atoms with van der Waals surface area (Å²) in [6.45, 7) is 4.60. The lowest BCUT2D eigenvalue weighted by Gasteiger charge is -2.14. The number of imidazole rings is 1. The van der Waals surface area contributed by atoms with E-state index >= 15 is 0 Å². The number of rotatable bonds is 13. The van der Waals surface area contributed by atoms with Gasteiger partial charge in [-0.25, -0.2) is 9.78 Å². The molecule has 0 aliphatic heterocycles. The van der Waals surface area contributed by atoms with Crippen molar-refractivity contribution in [1.29, 1.82) is 0 Å². The number of nitrogens with one attached hydrogen (secondary N) is 1. The van der Waals surface area contributed by atoms with Crippen LogP contribution in [0.4, 0.5) is 0 Å². The molecule has 10 heteroatoms. The van der Waals surface area contributed by atoms with E-state index in [9.17, 15) is 14.7 Å². The molecular formula is C23H33N5O5. The Bertz CT molecular complexity index is 1150. The molecule has 1 atom stereocenters. The third-order valence-corrected chi connectivity index (χ3v) is 5.38. The zero-order valence-electron chi connectivity index (χ0n) is 19.5. The number of aliphatic hydroxyl groups is 1. The van der Waals surface area contributed by atoms with E-state index in [1.54, 1.807) is 17.9 Å². The molecule has 2 heterocycles. The van der Waals surface area contributed by atoms with Crippen molar-refractivity contribution < 1.29 is 14.6 Å². The number of hydrogen-bond acceptors (Lipinski definition) is 7. The number of fused-ring (bicyclic) bond motifs is 1. The molecule has 3 rings (SSSR count). The summed E-state index contributed by atoms with van der Waals surface area (Å²) in [4.78, 5) is 28.7. The summed E-state index contributed by atoms with van der Waals surface area (Å²) >= 11 is 0. The maximum absolute atomic E-state index is 12.4. The smallest absolute Gasteiger partial charge is 0.332 e. The molecule has 0 radical (unpaired) electrons. The molecule has 0 amide bonds. The van der Waals surface area contributed by atoms with Crippen LogP contribution in [0.1, 0.15) is 26.2 Å². The number of hydrogen-bond donors (Lipinski definition) is 2. The van der Waals surface area contributed by atoms with Gasteiger partial charge in [0.1, 0.15) is 24.2 Å². The van der Waals surface area contributed by atoms with Gasteiger partial charge in [0.25, 0.3) is 5.56 Å². The number of aromatic nitrogens is 4. The first kappa shape index (κ1) is 24.5. The lowest BCUT2D eigenvalue weighted by molar-refractivity contribution is 0.106. The fraction of sp³-hybridized carbons (Fsp3) is 0.522. The van der Waals surface area contributed by atoms with Crippen LogP contribution in [0, 0.1) is 0 Å². The van der Waals surface area contributed by atoms with Crippen LogP contribution >= 0.6 is 0 Å². The summed E-state index contributed by atoms with van der Waals surface area (Å²) in [5, 5.41) is 13.3. The highest BCUT2D eigenvalue weighted by Crippen LogP contribution is 2.18. The van der Waals surface area contributed by atoms with Gasteiger partial charge in [-0.3, -0.25) is 13.9 Å². The standard InChI is InChI=1S/C23H33N5O5/c1-4-5-13-32-18-7-9-19(10-8-18)33-15-17(29)14-24-11-6-12-28-16-25-21-20(28)22(30)27(3)23(31)26(21)2/h7-10,16-17,24,29H,4-6,11-15H2,1-3H3. The normalized spacial score (nSPS) is 12.2. The third kappa shape index (κ3) is 6.23. The molecular weight excluding hydrogens is 426 g/mol. The lowest BCUT2D eigenvalue weighted by atomic mass is 10.3. The Labute approximate surface area is 192 Å². The summed E-state index contributed by atoms with van der Waals surface area (Å²) in [5.41, 5.74) is 0.0394. The quantitative estimate of drug-likeness (QED) is 0.367. The highest BCUT2D eigenvalue weighted by Gasteiger charge is 2.14. The van der Waals surface area contributed by atoms with Gasteiger partial charge in [-0.15, -0.1) is 0 Å². The van der Waals surface area contributed by atoms with E-state index in [1.807, 2.05) is 24.3 Å². The van der Waals surface area contributed by atoms with E-state index < -0.39 is 11.8 Å². The summed E-state index contributed by atoms with van der Waals surface area (Å²) in [6.07, 6.45) is 3.77. The van der Waals surface area contributed by atoms with Crippen molar-refractivity contribution in [1.82, 2.24) is 24.0 Å². The van der Waals surface area contributed by atoms with Gasteiger partial charge >= 0.3 is 5.69 Å². The first-order chi connectivity index (χ1) is 15.9. The molecule has 0 fully saturated rings. The van der Waals surface area contributed by atoms with Crippen LogP contribution < -0.4 is 26.0 Å². The summed E-state index contributed by atoms with van der Waals surface area (Å²) in [6, 6.07) is 7.38. The average molecular weight is 460 g/mol. The third-order valence-electron chi connectivity index (χ3n) is 5.38. The van der Waals surface area contributed by atoms with E-state index in [2.05, 4.69) is 17.2 Å².